The Balaban J connectivity index is 1.40. The van der Waals surface area contributed by atoms with E-state index in [0.717, 1.165) is 37.0 Å². The quantitative estimate of drug-likeness (QED) is 0.577. The minimum atomic E-state index is -0.180. The number of hydrogen-bond donors (Lipinski definition) is 0. The van der Waals surface area contributed by atoms with Crippen LogP contribution in [0.4, 0.5) is 5.69 Å². The minimum Gasteiger partial charge on any atom is -0.368 e. The summed E-state index contributed by atoms with van der Waals surface area (Å²) in [6.45, 7) is 9.42. The summed E-state index contributed by atoms with van der Waals surface area (Å²) in [5.41, 5.74) is 4.75. The molecule has 6 heteroatoms. The highest BCUT2D eigenvalue weighted by atomic mass is 32.2. The summed E-state index contributed by atoms with van der Waals surface area (Å²) in [5.74, 6) is 0.183. The summed E-state index contributed by atoms with van der Waals surface area (Å²) in [6, 6.07) is 16.9. The van der Waals surface area contributed by atoms with Crippen molar-refractivity contribution in [1.82, 2.24) is 14.5 Å². The van der Waals surface area contributed by atoms with Crippen LogP contribution in [0.5, 0.6) is 0 Å². The van der Waals surface area contributed by atoms with Crippen LogP contribution in [0.15, 0.2) is 66.1 Å². The summed E-state index contributed by atoms with van der Waals surface area (Å²) < 4.78 is 2.07. The first kappa shape index (κ1) is 20.5. The molecule has 1 aromatic heterocycles. The molecule has 0 bridgehead atoms. The topological polar surface area (TPSA) is 41.4 Å². The molecule has 1 unspecified atom stereocenters. The van der Waals surface area contributed by atoms with Gasteiger partial charge in [0.2, 0.25) is 5.91 Å². The number of para-hydroxylation sites is 1. The molecule has 0 saturated carbocycles. The van der Waals surface area contributed by atoms with E-state index in [1.54, 1.807) is 6.20 Å². The molecule has 5 nitrogen and oxygen atoms in total. The van der Waals surface area contributed by atoms with Crippen LogP contribution in [-0.2, 0) is 4.79 Å². The predicted molar refractivity (Wildman–Crippen MR) is 124 cm³/mol. The van der Waals surface area contributed by atoms with Gasteiger partial charge in [-0.15, -0.1) is 0 Å². The fourth-order valence-corrected chi connectivity index (χ4v) is 4.92. The van der Waals surface area contributed by atoms with E-state index in [9.17, 15) is 4.79 Å². The number of aromatic nitrogens is 2. The Labute approximate surface area is 182 Å². The molecule has 4 rings (SSSR count). The zero-order chi connectivity index (χ0) is 21.1. The third-order valence-corrected chi connectivity index (χ3v) is 6.50. The molecule has 1 amide bonds. The van der Waals surface area contributed by atoms with Crippen molar-refractivity contribution in [3.8, 4) is 5.69 Å². The summed E-state index contributed by atoms with van der Waals surface area (Å²) >= 11 is 1.53. The number of benzene rings is 2. The lowest BCUT2D eigenvalue weighted by Crippen LogP contribution is -2.50. The van der Waals surface area contributed by atoms with Crippen molar-refractivity contribution < 1.29 is 4.79 Å². The summed E-state index contributed by atoms with van der Waals surface area (Å²) in [5, 5.41) is 0.670. The average molecular weight is 421 g/mol. The maximum absolute atomic E-state index is 13.1. The first-order valence-corrected chi connectivity index (χ1v) is 11.3. The molecule has 1 fully saturated rings. The van der Waals surface area contributed by atoms with Gasteiger partial charge >= 0.3 is 0 Å². The van der Waals surface area contributed by atoms with Crippen LogP contribution in [0, 0.1) is 13.8 Å². The van der Waals surface area contributed by atoms with Gasteiger partial charge in [0.15, 0.2) is 5.16 Å². The summed E-state index contributed by atoms with van der Waals surface area (Å²) in [7, 11) is 0. The Bertz CT molecular complexity index is 989. The third kappa shape index (κ3) is 4.54. The summed E-state index contributed by atoms with van der Waals surface area (Å²) in [6.07, 6.45) is 3.77. The molecule has 0 N–H and O–H groups in total. The van der Waals surface area contributed by atoms with E-state index in [-0.39, 0.29) is 11.2 Å². The van der Waals surface area contributed by atoms with E-state index in [2.05, 4.69) is 70.8 Å². The maximum atomic E-state index is 13.1. The number of carbonyl (C=O) groups excluding carboxylic acids is 1. The van der Waals surface area contributed by atoms with Crippen molar-refractivity contribution >= 4 is 23.4 Å². The van der Waals surface area contributed by atoms with Gasteiger partial charge in [-0.1, -0.05) is 36.0 Å². The Hall–Kier alpha value is -2.73. The predicted octanol–water partition coefficient (Wildman–Crippen LogP) is 4.32. The van der Waals surface area contributed by atoms with Crippen molar-refractivity contribution in [1.29, 1.82) is 0 Å². The second-order valence-electron chi connectivity index (χ2n) is 7.83. The second kappa shape index (κ2) is 8.96. The number of nitrogens with zero attached hydrogens (tertiary/aromatic N) is 4. The first-order valence-electron chi connectivity index (χ1n) is 10.4. The molecule has 0 aliphatic carbocycles. The molecule has 1 aliphatic rings. The molecule has 0 radical (unpaired) electrons. The van der Waals surface area contributed by atoms with Gasteiger partial charge < -0.3 is 9.80 Å². The molecule has 1 saturated heterocycles. The first-order chi connectivity index (χ1) is 14.5. The second-order valence-corrected chi connectivity index (χ2v) is 9.14. The molecule has 0 spiro atoms. The summed E-state index contributed by atoms with van der Waals surface area (Å²) in [4.78, 5) is 21.9. The van der Waals surface area contributed by atoms with E-state index >= 15 is 0 Å². The van der Waals surface area contributed by atoms with Crippen molar-refractivity contribution in [2.45, 2.75) is 31.2 Å². The number of hydrogen-bond acceptors (Lipinski definition) is 4. The van der Waals surface area contributed by atoms with Crippen LogP contribution >= 0.6 is 11.8 Å². The smallest absolute Gasteiger partial charge is 0.236 e. The van der Waals surface area contributed by atoms with Gasteiger partial charge in [-0.2, -0.15) is 0 Å². The Morgan fingerprint density at radius 1 is 0.967 bits per heavy atom. The minimum absolute atomic E-state index is 0.180. The lowest BCUT2D eigenvalue weighted by Gasteiger charge is -2.37. The average Bonchev–Trinajstić information content (AvgIpc) is 3.21. The molecule has 156 valence electrons. The molecule has 2 aromatic carbocycles. The van der Waals surface area contributed by atoms with Gasteiger partial charge in [0, 0.05) is 49.9 Å². The van der Waals surface area contributed by atoms with E-state index in [4.69, 9.17) is 0 Å². The van der Waals surface area contributed by atoms with Gasteiger partial charge in [0.05, 0.1) is 5.25 Å². The number of imidazole rings is 1. The zero-order valence-electron chi connectivity index (χ0n) is 17.8. The van der Waals surface area contributed by atoms with Crippen molar-refractivity contribution in [2.24, 2.45) is 0 Å². The van der Waals surface area contributed by atoms with Crippen LogP contribution < -0.4 is 4.90 Å². The standard InChI is InChI=1S/C24H28N4OS/c1-18-15-19(2)17-22(16-18)28-10-9-25-24(28)30-20(3)23(29)27-13-11-26(12-14-27)21-7-5-4-6-8-21/h4-10,15-17,20H,11-14H2,1-3H3. The fraction of sp³-hybridized carbons (Fsp3) is 0.333. The van der Waals surface area contributed by atoms with Gasteiger partial charge in [0.25, 0.3) is 0 Å². The number of rotatable bonds is 5. The normalized spacial score (nSPS) is 15.3. The van der Waals surface area contributed by atoms with Crippen molar-refractivity contribution in [2.75, 3.05) is 31.1 Å². The van der Waals surface area contributed by atoms with Crippen LogP contribution in [0.3, 0.4) is 0 Å². The number of piperazine rings is 1. The zero-order valence-corrected chi connectivity index (χ0v) is 18.6. The van der Waals surface area contributed by atoms with E-state index in [1.165, 1.54) is 28.6 Å². The van der Waals surface area contributed by atoms with Crippen LogP contribution in [0.1, 0.15) is 18.1 Å². The largest absolute Gasteiger partial charge is 0.368 e. The SMILES string of the molecule is Cc1cc(C)cc(-n2ccnc2SC(C)C(=O)N2CCN(c3ccccc3)CC2)c1. The molecule has 2 heterocycles. The number of carbonyl (C=O) groups is 1. The monoisotopic (exact) mass is 420 g/mol. The molecule has 1 atom stereocenters. The number of anilines is 1. The van der Waals surface area contributed by atoms with E-state index in [0.29, 0.717) is 0 Å². The van der Waals surface area contributed by atoms with Crippen molar-refractivity contribution in [3.05, 3.63) is 72.1 Å². The fourth-order valence-electron chi connectivity index (χ4n) is 3.95. The van der Waals surface area contributed by atoms with E-state index in [1.807, 2.05) is 24.1 Å². The number of thioether (sulfide) groups is 1. The molecular formula is C24H28N4OS. The van der Waals surface area contributed by atoms with Crippen LogP contribution in [0.2, 0.25) is 0 Å². The number of amides is 1. The Morgan fingerprint density at radius 2 is 1.63 bits per heavy atom. The van der Waals surface area contributed by atoms with Crippen LogP contribution in [0.25, 0.3) is 5.69 Å². The Kier molecular flexibility index (Phi) is 6.13. The highest BCUT2D eigenvalue weighted by Gasteiger charge is 2.26. The van der Waals surface area contributed by atoms with Crippen molar-refractivity contribution in [3.63, 3.8) is 0 Å². The molecule has 30 heavy (non-hydrogen) atoms. The third-order valence-electron chi connectivity index (χ3n) is 5.43. The number of aryl methyl sites for hydroxylation is 2. The van der Waals surface area contributed by atoms with Crippen LogP contribution in [-0.4, -0.2) is 51.8 Å². The van der Waals surface area contributed by atoms with E-state index < -0.39 is 0 Å². The highest BCUT2D eigenvalue weighted by Crippen LogP contribution is 2.27. The lowest BCUT2D eigenvalue weighted by molar-refractivity contribution is -0.130. The molecule has 1 aliphatic heterocycles. The lowest BCUT2D eigenvalue weighted by atomic mass is 10.1. The molecular weight excluding hydrogens is 392 g/mol. The van der Waals surface area contributed by atoms with Gasteiger partial charge in [-0.05, 0) is 56.2 Å². The molecule has 3 aromatic rings. The Morgan fingerprint density at radius 3 is 2.30 bits per heavy atom. The maximum Gasteiger partial charge on any atom is 0.236 e. The highest BCUT2D eigenvalue weighted by molar-refractivity contribution is 8.00. The van der Waals surface area contributed by atoms with Gasteiger partial charge in [0.1, 0.15) is 0 Å². The van der Waals surface area contributed by atoms with Gasteiger partial charge in [-0.3, -0.25) is 9.36 Å². The van der Waals surface area contributed by atoms with Gasteiger partial charge in [-0.25, -0.2) is 4.98 Å².